The molecule has 0 saturated carbocycles. The van der Waals surface area contributed by atoms with Crippen LogP contribution in [0.3, 0.4) is 0 Å². The summed E-state index contributed by atoms with van der Waals surface area (Å²) in [5, 5.41) is 3.72. The Balaban J connectivity index is 2.05. The molecule has 78 valence electrons. The van der Waals surface area contributed by atoms with Crippen molar-refractivity contribution >= 4 is 0 Å². The maximum Gasteiger partial charge on any atom is 0.438 e. The van der Waals surface area contributed by atoms with Crippen molar-refractivity contribution in [1.29, 1.82) is 0 Å². The molecule has 0 bridgehead atoms. The molecule has 0 aliphatic carbocycles. The van der Waals surface area contributed by atoms with Gasteiger partial charge in [-0.1, -0.05) is 5.16 Å². The minimum atomic E-state index is -0.456. The fraction of sp³-hybridized carbons (Fsp3) is 0.778. The van der Waals surface area contributed by atoms with Crippen LogP contribution in [0.4, 0.5) is 0 Å². The Morgan fingerprint density at radius 3 is 2.93 bits per heavy atom. The third-order valence-corrected chi connectivity index (χ3v) is 2.79. The van der Waals surface area contributed by atoms with Gasteiger partial charge in [0.05, 0.1) is 0 Å². The van der Waals surface area contributed by atoms with Gasteiger partial charge in [0.2, 0.25) is 0 Å². The highest BCUT2D eigenvalue weighted by Crippen LogP contribution is 2.24. The lowest BCUT2D eigenvalue weighted by atomic mass is 10.1. The maximum atomic E-state index is 10.8. The van der Waals surface area contributed by atoms with Crippen molar-refractivity contribution in [1.82, 2.24) is 15.0 Å². The molecular formula is C9H15N3O2. The maximum absolute atomic E-state index is 10.8. The Morgan fingerprint density at radius 1 is 1.64 bits per heavy atom. The second-order valence-corrected chi connectivity index (χ2v) is 4.05. The highest BCUT2D eigenvalue weighted by Gasteiger charge is 2.27. The van der Waals surface area contributed by atoms with E-state index in [1.54, 1.807) is 0 Å². The van der Waals surface area contributed by atoms with Gasteiger partial charge in [0, 0.05) is 18.5 Å². The van der Waals surface area contributed by atoms with Crippen molar-refractivity contribution in [2.24, 2.45) is 0 Å². The molecule has 0 amide bonds. The monoisotopic (exact) mass is 197 g/mol. The second kappa shape index (κ2) is 3.57. The number of aromatic nitrogens is 2. The second-order valence-electron chi connectivity index (χ2n) is 4.05. The lowest BCUT2D eigenvalue weighted by Crippen LogP contribution is -2.28. The summed E-state index contributed by atoms with van der Waals surface area (Å²) in [6.45, 7) is 6.37. The lowest BCUT2D eigenvalue weighted by Gasteiger charge is -2.19. The quantitative estimate of drug-likeness (QED) is 0.752. The molecule has 1 aliphatic heterocycles. The van der Waals surface area contributed by atoms with E-state index < -0.39 is 5.76 Å². The van der Waals surface area contributed by atoms with Crippen molar-refractivity contribution in [3.63, 3.8) is 0 Å². The van der Waals surface area contributed by atoms with Gasteiger partial charge in [-0.05, 0) is 26.8 Å². The van der Waals surface area contributed by atoms with Gasteiger partial charge in [0.15, 0.2) is 5.82 Å². The van der Waals surface area contributed by atoms with E-state index in [1.165, 1.54) is 0 Å². The van der Waals surface area contributed by atoms with Gasteiger partial charge in [0.1, 0.15) is 0 Å². The topological polar surface area (TPSA) is 62.1 Å². The Labute approximate surface area is 82.1 Å². The molecule has 14 heavy (non-hydrogen) atoms. The Kier molecular flexibility index (Phi) is 2.41. The molecule has 1 saturated heterocycles. The molecule has 5 heteroatoms. The van der Waals surface area contributed by atoms with Crippen LogP contribution in [-0.4, -0.2) is 34.2 Å². The van der Waals surface area contributed by atoms with E-state index in [0.717, 1.165) is 19.5 Å². The molecule has 1 aliphatic rings. The fourth-order valence-corrected chi connectivity index (χ4v) is 1.90. The smallest absolute Gasteiger partial charge is 0.300 e. The Hall–Kier alpha value is -1.10. The molecule has 0 radical (unpaired) electrons. The molecule has 1 fully saturated rings. The summed E-state index contributed by atoms with van der Waals surface area (Å²) in [6.07, 6.45) is 1.04. The largest absolute Gasteiger partial charge is 0.438 e. The molecule has 1 atom stereocenters. The van der Waals surface area contributed by atoms with E-state index in [0.29, 0.717) is 17.8 Å². The van der Waals surface area contributed by atoms with Crippen LogP contribution in [0.1, 0.15) is 32.0 Å². The van der Waals surface area contributed by atoms with Crippen molar-refractivity contribution in [3.05, 3.63) is 16.4 Å². The van der Waals surface area contributed by atoms with E-state index in [9.17, 15) is 4.79 Å². The first-order valence-electron chi connectivity index (χ1n) is 4.96. The highest BCUT2D eigenvalue weighted by molar-refractivity contribution is 4.98. The zero-order valence-corrected chi connectivity index (χ0v) is 8.49. The summed E-state index contributed by atoms with van der Waals surface area (Å²) >= 11 is 0. The predicted octanol–water partition coefficient (Wildman–Crippen LogP) is 0.561. The number of hydrogen-bond acceptors (Lipinski definition) is 4. The van der Waals surface area contributed by atoms with Crippen LogP contribution in [0.15, 0.2) is 9.32 Å². The average Bonchev–Trinajstić information content (AvgIpc) is 2.70. The van der Waals surface area contributed by atoms with Crippen molar-refractivity contribution in [2.75, 3.05) is 13.1 Å². The summed E-state index contributed by atoms with van der Waals surface area (Å²) in [7, 11) is 0. The molecule has 1 N–H and O–H groups in total. The van der Waals surface area contributed by atoms with E-state index in [-0.39, 0.29) is 0 Å². The number of H-pyrrole nitrogens is 1. The number of aromatic amines is 1. The first-order chi connectivity index (χ1) is 6.66. The number of hydrogen-bond donors (Lipinski definition) is 1. The third kappa shape index (κ3) is 1.72. The average molecular weight is 197 g/mol. The SMILES string of the molecule is CC(C)N1CCC(c2noc(=O)[nH]2)C1. The van der Waals surface area contributed by atoms with Crippen LogP contribution in [0.25, 0.3) is 0 Å². The van der Waals surface area contributed by atoms with Gasteiger partial charge in [0.25, 0.3) is 0 Å². The Bertz CT molecular complexity index is 355. The number of rotatable bonds is 2. The van der Waals surface area contributed by atoms with Gasteiger partial charge < -0.3 is 4.90 Å². The van der Waals surface area contributed by atoms with E-state index in [2.05, 4.69) is 33.4 Å². The minimum Gasteiger partial charge on any atom is -0.300 e. The highest BCUT2D eigenvalue weighted by atomic mass is 16.5. The summed E-state index contributed by atoms with van der Waals surface area (Å²) in [4.78, 5) is 15.8. The molecule has 0 spiro atoms. The normalized spacial score (nSPS) is 23.5. The molecule has 1 aromatic rings. The van der Waals surface area contributed by atoms with E-state index in [1.807, 2.05) is 0 Å². The van der Waals surface area contributed by atoms with Crippen molar-refractivity contribution in [3.8, 4) is 0 Å². The summed E-state index contributed by atoms with van der Waals surface area (Å²) in [5.74, 6) is 0.560. The fourth-order valence-electron chi connectivity index (χ4n) is 1.90. The lowest BCUT2D eigenvalue weighted by molar-refractivity contribution is 0.271. The van der Waals surface area contributed by atoms with Gasteiger partial charge >= 0.3 is 5.76 Å². The van der Waals surface area contributed by atoms with Crippen LogP contribution >= 0.6 is 0 Å². The van der Waals surface area contributed by atoms with Crippen molar-refractivity contribution < 1.29 is 4.52 Å². The standard InChI is InChI=1S/C9H15N3O2/c1-6(2)12-4-3-7(5-12)8-10-9(13)14-11-8/h6-7H,3-5H2,1-2H3,(H,10,11,13). The van der Waals surface area contributed by atoms with E-state index >= 15 is 0 Å². The van der Waals surface area contributed by atoms with Crippen LogP contribution in [0.5, 0.6) is 0 Å². The first-order valence-corrected chi connectivity index (χ1v) is 4.96. The molecule has 1 unspecified atom stereocenters. The van der Waals surface area contributed by atoms with Gasteiger partial charge in [-0.2, -0.15) is 0 Å². The molecular weight excluding hydrogens is 182 g/mol. The van der Waals surface area contributed by atoms with Gasteiger partial charge in [-0.15, -0.1) is 0 Å². The molecule has 2 heterocycles. The van der Waals surface area contributed by atoms with Gasteiger partial charge in [-0.25, -0.2) is 4.79 Å². The minimum absolute atomic E-state index is 0.323. The zero-order chi connectivity index (χ0) is 10.1. The number of likely N-dealkylation sites (tertiary alicyclic amines) is 1. The van der Waals surface area contributed by atoms with Crippen LogP contribution in [0, 0.1) is 0 Å². The third-order valence-electron chi connectivity index (χ3n) is 2.79. The van der Waals surface area contributed by atoms with Crippen LogP contribution in [0.2, 0.25) is 0 Å². The van der Waals surface area contributed by atoms with Crippen LogP contribution < -0.4 is 5.76 Å². The first kappa shape index (κ1) is 9.45. The molecule has 2 rings (SSSR count). The summed E-state index contributed by atoms with van der Waals surface area (Å²) in [5.41, 5.74) is 0. The van der Waals surface area contributed by atoms with Crippen molar-refractivity contribution in [2.45, 2.75) is 32.2 Å². The zero-order valence-electron chi connectivity index (χ0n) is 8.49. The summed E-state index contributed by atoms with van der Waals surface area (Å²) in [6, 6.07) is 0.554. The summed E-state index contributed by atoms with van der Waals surface area (Å²) < 4.78 is 4.49. The number of nitrogens with one attached hydrogen (secondary N) is 1. The molecule has 1 aromatic heterocycles. The number of nitrogens with zero attached hydrogens (tertiary/aromatic N) is 2. The van der Waals surface area contributed by atoms with Gasteiger partial charge in [-0.3, -0.25) is 9.51 Å². The molecule has 0 aromatic carbocycles. The van der Waals surface area contributed by atoms with E-state index in [4.69, 9.17) is 0 Å². The van der Waals surface area contributed by atoms with Crippen LogP contribution in [-0.2, 0) is 0 Å². The molecule has 5 nitrogen and oxygen atoms in total. The predicted molar refractivity (Wildman–Crippen MR) is 51.2 cm³/mol. The Morgan fingerprint density at radius 2 is 2.43 bits per heavy atom.